The number of rotatable bonds is 4. The minimum atomic E-state index is 0.424. The van der Waals surface area contributed by atoms with Gasteiger partial charge in [0.05, 0.1) is 10.6 Å². The van der Waals surface area contributed by atoms with Crippen LogP contribution in [0.4, 0.5) is 5.82 Å². The maximum Gasteiger partial charge on any atom is 0.157 e. The van der Waals surface area contributed by atoms with Gasteiger partial charge in [-0.3, -0.25) is 0 Å². The molecule has 0 aliphatic carbocycles. The van der Waals surface area contributed by atoms with Crippen LogP contribution in [-0.2, 0) is 11.3 Å². The van der Waals surface area contributed by atoms with Gasteiger partial charge < -0.3 is 10.1 Å². The zero-order valence-electron chi connectivity index (χ0n) is 9.23. The number of hydrogen-bond acceptors (Lipinski definition) is 5. The fraction of sp³-hybridized carbons (Fsp3) is 0.273. The smallest absolute Gasteiger partial charge is 0.157 e. The van der Waals surface area contributed by atoms with E-state index in [9.17, 15) is 0 Å². The number of thiophene rings is 1. The summed E-state index contributed by atoms with van der Waals surface area (Å²) in [7, 11) is 3.48. The van der Waals surface area contributed by atoms with Gasteiger partial charge in [0.2, 0.25) is 0 Å². The Balaban J connectivity index is 2.41. The van der Waals surface area contributed by atoms with E-state index in [-0.39, 0.29) is 0 Å². The highest BCUT2D eigenvalue weighted by atomic mass is 32.1. The summed E-state index contributed by atoms with van der Waals surface area (Å²) in [6.07, 6.45) is 0. The van der Waals surface area contributed by atoms with Gasteiger partial charge in [-0.2, -0.15) is 0 Å². The molecule has 0 atom stereocenters. The minimum Gasteiger partial charge on any atom is -0.377 e. The predicted octanol–water partition coefficient (Wildman–Crippen LogP) is 2.39. The Kier molecular flexibility index (Phi) is 3.48. The van der Waals surface area contributed by atoms with Crippen LogP contribution in [0.2, 0.25) is 0 Å². The van der Waals surface area contributed by atoms with Crippen molar-refractivity contribution in [1.29, 1.82) is 0 Å². The van der Waals surface area contributed by atoms with E-state index in [0.29, 0.717) is 12.4 Å². The van der Waals surface area contributed by atoms with Crippen LogP contribution in [0.1, 0.15) is 5.82 Å². The second-order valence-electron chi connectivity index (χ2n) is 3.21. The molecule has 0 aliphatic heterocycles. The lowest BCUT2D eigenvalue weighted by Gasteiger charge is -2.05. The summed E-state index contributed by atoms with van der Waals surface area (Å²) in [6.45, 7) is 0.424. The molecule has 2 rings (SSSR count). The summed E-state index contributed by atoms with van der Waals surface area (Å²) in [6, 6.07) is 5.99. The molecule has 0 saturated heterocycles. The second kappa shape index (κ2) is 5.05. The highest BCUT2D eigenvalue weighted by Crippen LogP contribution is 2.24. The van der Waals surface area contributed by atoms with Crippen molar-refractivity contribution >= 4 is 17.2 Å². The van der Waals surface area contributed by atoms with E-state index in [1.165, 1.54) is 0 Å². The molecule has 1 N–H and O–H groups in total. The molecule has 0 spiro atoms. The van der Waals surface area contributed by atoms with Gasteiger partial charge in [0, 0.05) is 20.2 Å². The lowest BCUT2D eigenvalue weighted by atomic mass is 10.3. The monoisotopic (exact) mass is 235 g/mol. The van der Waals surface area contributed by atoms with E-state index in [4.69, 9.17) is 4.74 Å². The average Bonchev–Trinajstić information content (AvgIpc) is 2.82. The van der Waals surface area contributed by atoms with E-state index in [2.05, 4.69) is 15.3 Å². The van der Waals surface area contributed by atoms with Gasteiger partial charge in [0.1, 0.15) is 12.4 Å². The van der Waals surface area contributed by atoms with E-state index in [1.54, 1.807) is 18.4 Å². The molecule has 2 aromatic rings. The van der Waals surface area contributed by atoms with Crippen LogP contribution in [-0.4, -0.2) is 24.1 Å². The zero-order chi connectivity index (χ0) is 11.4. The van der Waals surface area contributed by atoms with Crippen molar-refractivity contribution in [2.24, 2.45) is 0 Å². The number of nitrogens with one attached hydrogen (secondary N) is 1. The fourth-order valence-electron chi connectivity index (χ4n) is 1.37. The van der Waals surface area contributed by atoms with E-state index >= 15 is 0 Å². The molecule has 0 amide bonds. The number of aromatic nitrogens is 2. The molecule has 2 aromatic heterocycles. The Bertz CT molecular complexity index is 456. The second-order valence-corrected chi connectivity index (χ2v) is 4.16. The number of hydrogen-bond donors (Lipinski definition) is 1. The largest absolute Gasteiger partial charge is 0.377 e. The van der Waals surface area contributed by atoms with Crippen LogP contribution >= 0.6 is 11.3 Å². The summed E-state index contributed by atoms with van der Waals surface area (Å²) in [5.74, 6) is 1.50. The van der Waals surface area contributed by atoms with Crippen molar-refractivity contribution < 1.29 is 4.74 Å². The molecular formula is C11H13N3OS. The summed E-state index contributed by atoms with van der Waals surface area (Å²) in [5, 5.41) is 5.06. The highest BCUT2D eigenvalue weighted by molar-refractivity contribution is 7.13. The maximum atomic E-state index is 5.05. The number of anilines is 1. The van der Waals surface area contributed by atoms with Gasteiger partial charge in [-0.25, -0.2) is 9.97 Å². The van der Waals surface area contributed by atoms with Crippen molar-refractivity contribution in [3.8, 4) is 10.6 Å². The van der Waals surface area contributed by atoms with Crippen molar-refractivity contribution in [2.75, 3.05) is 19.5 Å². The third-order valence-electron chi connectivity index (χ3n) is 2.08. The van der Waals surface area contributed by atoms with Gasteiger partial charge in [-0.15, -0.1) is 11.3 Å². The lowest BCUT2D eigenvalue weighted by molar-refractivity contribution is 0.178. The van der Waals surface area contributed by atoms with Crippen LogP contribution in [0.15, 0.2) is 23.6 Å². The molecule has 16 heavy (non-hydrogen) atoms. The first-order chi connectivity index (χ1) is 7.83. The van der Waals surface area contributed by atoms with Crippen molar-refractivity contribution in [1.82, 2.24) is 9.97 Å². The topological polar surface area (TPSA) is 47.0 Å². The third kappa shape index (κ3) is 2.37. The van der Waals surface area contributed by atoms with Crippen molar-refractivity contribution in [3.05, 3.63) is 29.4 Å². The number of methoxy groups -OCH3 is 1. The maximum absolute atomic E-state index is 5.05. The molecule has 0 saturated carbocycles. The summed E-state index contributed by atoms with van der Waals surface area (Å²) in [5.41, 5.74) is 0.932. The minimum absolute atomic E-state index is 0.424. The molecule has 84 valence electrons. The quantitative estimate of drug-likeness (QED) is 0.884. The first-order valence-electron chi connectivity index (χ1n) is 4.92. The Morgan fingerprint density at radius 2 is 2.31 bits per heavy atom. The van der Waals surface area contributed by atoms with Gasteiger partial charge in [-0.05, 0) is 11.4 Å². The van der Waals surface area contributed by atoms with Gasteiger partial charge in [-0.1, -0.05) is 6.07 Å². The predicted molar refractivity (Wildman–Crippen MR) is 65.6 cm³/mol. The van der Waals surface area contributed by atoms with Crippen molar-refractivity contribution in [3.63, 3.8) is 0 Å². The van der Waals surface area contributed by atoms with E-state index < -0.39 is 0 Å². The Labute approximate surface area is 98.3 Å². The fourth-order valence-corrected chi connectivity index (χ4v) is 2.06. The molecule has 5 heteroatoms. The average molecular weight is 235 g/mol. The summed E-state index contributed by atoms with van der Waals surface area (Å²) in [4.78, 5) is 9.89. The zero-order valence-corrected chi connectivity index (χ0v) is 10.0. The third-order valence-corrected chi connectivity index (χ3v) is 2.97. The van der Waals surface area contributed by atoms with Crippen LogP contribution < -0.4 is 5.32 Å². The highest BCUT2D eigenvalue weighted by Gasteiger charge is 2.06. The SMILES string of the molecule is CNc1cc(-c2cccs2)nc(COC)n1. The molecule has 0 radical (unpaired) electrons. The molecule has 4 nitrogen and oxygen atoms in total. The van der Waals surface area contributed by atoms with E-state index in [1.807, 2.05) is 30.6 Å². The molecule has 0 fully saturated rings. The normalized spacial score (nSPS) is 10.4. The van der Waals surface area contributed by atoms with Gasteiger partial charge in [0.15, 0.2) is 5.82 Å². The van der Waals surface area contributed by atoms with Crippen LogP contribution in [0.5, 0.6) is 0 Å². The molecule has 0 bridgehead atoms. The molecule has 2 heterocycles. The lowest BCUT2D eigenvalue weighted by Crippen LogP contribution is -2.02. The molecule has 0 aromatic carbocycles. The molecule has 0 unspecified atom stereocenters. The first kappa shape index (κ1) is 11.0. The number of nitrogens with zero attached hydrogens (tertiary/aromatic N) is 2. The first-order valence-corrected chi connectivity index (χ1v) is 5.80. The Morgan fingerprint density at radius 1 is 1.44 bits per heavy atom. The Hall–Kier alpha value is -1.46. The van der Waals surface area contributed by atoms with E-state index in [0.717, 1.165) is 16.4 Å². The summed E-state index contributed by atoms with van der Waals surface area (Å²) >= 11 is 1.66. The van der Waals surface area contributed by atoms with Gasteiger partial charge >= 0.3 is 0 Å². The Morgan fingerprint density at radius 3 is 2.94 bits per heavy atom. The van der Waals surface area contributed by atoms with Crippen LogP contribution in [0.25, 0.3) is 10.6 Å². The van der Waals surface area contributed by atoms with Crippen LogP contribution in [0, 0.1) is 0 Å². The molecule has 0 aliphatic rings. The van der Waals surface area contributed by atoms with Crippen LogP contribution in [0.3, 0.4) is 0 Å². The van der Waals surface area contributed by atoms with Gasteiger partial charge in [0.25, 0.3) is 0 Å². The number of ether oxygens (including phenoxy) is 1. The summed E-state index contributed by atoms with van der Waals surface area (Å²) < 4.78 is 5.05. The molecular weight excluding hydrogens is 222 g/mol. The standard InChI is InChI=1S/C11H13N3OS/c1-12-10-6-8(9-4-3-5-16-9)13-11(14-10)7-15-2/h3-6H,7H2,1-2H3,(H,12,13,14). The van der Waals surface area contributed by atoms with Crippen molar-refractivity contribution in [2.45, 2.75) is 6.61 Å².